The van der Waals surface area contributed by atoms with Gasteiger partial charge in [-0.25, -0.2) is 0 Å². The molecule has 1 aromatic carbocycles. The molecule has 2 aliphatic rings. The third kappa shape index (κ3) is 3.09. The van der Waals surface area contributed by atoms with Gasteiger partial charge in [-0.2, -0.15) is 0 Å². The van der Waals surface area contributed by atoms with Crippen LogP contribution in [0.5, 0.6) is 0 Å². The van der Waals surface area contributed by atoms with Crippen molar-refractivity contribution in [2.24, 2.45) is 11.1 Å². The van der Waals surface area contributed by atoms with Crippen LogP contribution in [0.1, 0.15) is 69.1 Å². The Balaban J connectivity index is 1.73. The molecule has 1 nitrogen and oxygen atoms in total. The van der Waals surface area contributed by atoms with Gasteiger partial charge in [0.15, 0.2) is 0 Å². The maximum atomic E-state index is 6.76. The van der Waals surface area contributed by atoms with Crippen LogP contribution in [0.4, 0.5) is 0 Å². The minimum atomic E-state index is 0.0284. The van der Waals surface area contributed by atoms with Crippen LogP contribution in [-0.4, -0.2) is 5.54 Å². The third-order valence-electron chi connectivity index (χ3n) is 5.55. The smallest absolute Gasteiger partial charge is 0.0195 e. The summed E-state index contributed by atoms with van der Waals surface area (Å²) in [5.41, 5.74) is 11.9. The van der Waals surface area contributed by atoms with E-state index in [-0.39, 0.29) is 5.54 Å². The number of fused-ring (bicyclic) bond motifs is 1. The van der Waals surface area contributed by atoms with E-state index in [1.807, 2.05) is 0 Å². The molecule has 1 atom stereocenters. The van der Waals surface area contributed by atoms with Gasteiger partial charge < -0.3 is 5.73 Å². The average Bonchev–Trinajstić information content (AvgIpc) is 2.78. The molecule has 0 aromatic heterocycles. The van der Waals surface area contributed by atoms with Crippen molar-refractivity contribution in [2.45, 2.75) is 77.2 Å². The van der Waals surface area contributed by atoms with Gasteiger partial charge in [-0.1, -0.05) is 38.5 Å². The summed E-state index contributed by atoms with van der Waals surface area (Å²) in [6.07, 6.45) is 11.2. The molecule has 0 spiro atoms. The van der Waals surface area contributed by atoms with Crippen molar-refractivity contribution in [2.75, 3.05) is 0 Å². The van der Waals surface area contributed by atoms with E-state index in [1.165, 1.54) is 56.9 Å². The van der Waals surface area contributed by atoms with Crippen LogP contribution < -0.4 is 5.73 Å². The number of nitrogens with two attached hydrogens (primary N) is 1. The molecular formula is C19H29N. The first-order valence-corrected chi connectivity index (χ1v) is 8.36. The number of aryl methyl sites for hydroxylation is 2. The van der Waals surface area contributed by atoms with E-state index in [1.54, 1.807) is 11.1 Å². The molecule has 1 fully saturated rings. The summed E-state index contributed by atoms with van der Waals surface area (Å²) in [6.45, 7) is 4.79. The Labute approximate surface area is 124 Å². The van der Waals surface area contributed by atoms with Crippen molar-refractivity contribution >= 4 is 0 Å². The van der Waals surface area contributed by atoms with E-state index in [0.717, 1.165) is 6.42 Å². The second-order valence-electron chi connectivity index (χ2n) is 8.01. The van der Waals surface area contributed by atoms with E-state index in [2.05, 4.69) is 32.0 Å². The summed E-state index contributed by atoms with van der Waals surface area (Å²) in [5, 5.41) is 0. The van der Waals surface area contributed by atoms with Crippen LogP contribution in [0.2, 0.25) is 0 Å². The lowest BCUT2D eigenvalue weighted by Crippen LogP contribution is -2.41. The summed E-state index contributed by atoms with van der Waals surface area (Å²) in [7, 11) is 0. The standard InChI is InChI=1S/C19H29N/c1-18(2)9-4-10-19(20,12-11-18)14-15-7-8-16-5-3-6-17(16)13-15/h7-8,13H,3-6,9-12,14,20H2,1-2H3. The SMILES string of the molecule is CC1(C)CCCC(N)(Cc2ccc3c(c2)CCC3)CC1. The number of hydrogen-bond donors (Lipinski definition) is 1. The highest BCUT2D eigenvalue weighted by Crippen LogP contribution is 2.38. The highest BCUT2D eigenvalue weighted by molar-refractivity contribution is 5.36. The Kier molecular flexibility index (Phi) is 3.66. The van der Waals surface area contributed by atoms with Crippen molar-refractivity contribution in [3.63, 3.8) is 0 Å². The summed E-state index contributed by atoms with van der Waals surface area (Å²) < 4.78 is 0. The van der Waals surface area contributed by atoms with Crippen LogP contribution in [0.15, 0.2) is 18.2 Å². The molecule has 2 N–H and O–H groups in total. The number of benzene rings is 1. The lowest BCUT2D eigenvalue weighted by atomic mass is 9.81. The predicted molar refractivity (Wildman–Crippen MR) is 86.0 cm³/mol. The van der Waals surface area contributed by atoms with Gasteiger partial charge in [0.2, 0.25) is 0 Å². The maximum Gasteiger partial charge on any atom is 0.0195 e. The first-order valence-electron chi connectivity index (χ1n) is 8.36. The van der Waals surface area contributed by atoms with E-state index >= 15 is 0 Å². The molecule has 0 bridgehead atoms. The molecule has 1 aromatic rings. The molecule has 0 aliphatic heterocycles. The monoisotopic (exact) mass is 271 g/mol. The summed E-state index contributed by atoms with van der Waals surface area (Å²) >= 11 is 0. The molecule has 0 heterocycles. The van der Waals surface area contributed by atoms with Crippen molar-refractivity contribution in [1.82, 2.24) is 0 Å². The molecular weight excluding hydrogens is 242 g/mol. The molecule has 0 saturated heterocycles. The van der Waals surface area contributed by atoms with E-state index in [0.29, 0.717) is 5.41 Å². The minimum Gasteiger partial charge on any atom is -0.325 e. The van der Waals surface area contributed by atoms with E-state index in [4.69, 9.17) is 5.73 Å². The van der Waals surface area contributed by atoms with Crippen molar-refractivity contribution in [3.8, 4) is 0 Å². The lowest BCUT2D eigenvalue weighted by Gasteiger charge is -2.29. The van der Waals surface area contributed by atoms with Gasteiger partial charge in [-0.15, -0.1) is 0 Å². The second-order valence-corrected chi connectivity index (χ2v) is 8.01. The average molecular weight is 271 g/mol. The largest absolute Gasteiger partial charge is 0.325 e. The van der Waals surface area contributed by atoms with E-state index in [9.17, 15) is 0 Å². The van der Waals surface area contributed by atoms with Crippen molar-refractivity contribution < 1.29 is 0 Å². The minimum absolute atomic E-state index is 0.0284. The van der Waals surface area contributed by atoms with Crippen LogP contribution in [0.25, 0.3) is 0 Å². The van der Waals surface area contributed by atoms with E-state index < -0.39 is 0 Å². The van der Waals surface area contributed by atoms with Gasteiger partial charge >= 0.3 is 0 Å². The summed E-state index contributed by atoms with van der Waals surface area (Å²) in [5.74, 6) is 0. The molecule has 0 amide bonds. The van der Waals surface area contributed by atoms with Crippen LogP contribution >= 0.6 is 0 Å². The summed E-state index contributed by atoms with van der Waals surface area (Å²) in [4.78, 5) is 0. The zero-order valence-electron chi connectivity index (χ0n) is 13.2. The highest BCUT2D eigenvalue weighted by atomic mass is 14.7. The molecule has 2 aliphatic carbocycles. The summed E-state index contributed by atoms with van der Waals surface area (Å²) in [6, 6.07) is 7.11. The van der Waals surface area contributed by atoms with Crippen LogP contribution in [0, 0.1) is 5.41 Å². The fourth-order valence-electron chi connectivity index (χ4n) is 4.07. The molecule has 110 valence electrons. The van der Waals surface area contributed by atoms with Gasteiger partial charge in [0.1, 0.15) is 0 Å². The Hall–Kier alpha value is -0.820. The van der Waals surface area contributed by atoms with Gasteiger partial charge in [-0.05, 0) is 73.5 Å². The highest BCUT2D eigenvalue weighted by Gasteiger charge is 2.32. The Morgan fingerprint density at radius 1 is 0.950 bits per heavy atom. The molecule has 0 radical (unpaired) electrons. The molecule has 1 unspecified atom stereocenters. The second kappa shape index (κ2) is 5.18. The Morgan fingerprint density at radius 2 is 1.75 bits per heavy atom. The van der Waals surface area contributed by atoms with Crippen LogP contribution in [0.3, 0.4) is 0 Å². The quantitative estimate of drug-likeness (QED) is 0.792. The van der Waals surface area contributed by atoms with Gasteiger partial charge in [-0.3, -0.25) is 0 Å². The lowest BCUT2D eigenvalue weighted by molar-refractivity contribution is 0.297. The zero-order chi connectivity index (χ0) is 14.2. The Morgan fingerprint density at radius 3 is 2.60 bits per heavy atom. The van der Waals surface area contributed by atoms with Gasteiger partial charge in [0.05, 0.1) is 0 Å². The molecule has 1 heteroatoms. The Bertz CT molecular complexity index is 489. The first kappa shape index (κ1) is 14.1. The van der Waals surface area contributed by atoms with Gasteiger partial charge in [0, 0.05) is 5.54 Å². The van der Waals surface area contributed by atoms with Crippen molar-refractivity contribution in [1.29, 1.82) is 0 Å². The topological polar surface area (TPSA) is 26.0 Å². The maximum absolute atomic E-state index is 6.76. The first-order chi connectivity index (χ1) is 9.46. The van der Waals surface area contributed by atoms with Crippen LogP contribution in [-0.2, 0) is 19.3 Å². The third-order valence-corrected chi connectivity index (χ3v) is 5.55. The number of hydrogen-bond acceptors (Lipinski definition) is 1. The normalized spacial score (nSPS) is 28.9. The fraction of sp³-hybridized carbons (Fsp3) is 0.684. The van der Waals surface area contributed by atoms with Crippen molar-refractivity contribution in [3.05, 3.63) is 34.9 Å². The zero-order valence-corrected chi connectivity index (χ0v) is 13.2. The molecule has 3 rings (SSSR count). The molecule has 1 saturated carbocycles. The predicted octanol–water partition coefficient (Wildman–Crippen LogP) is 4.41. The van der Waals surface area contributed by atoms with Gasteiger partial charge in [0.25, 0.3) is 0 Å². The molecule has 20 heavy (non-hydrogen) atoms. The number of rotatable bonds is 2. The fourth-order valence-corrected chi connectivity index (χ4v) is 4.07.